The standard InChI is InChI=1S/C21H28N3O2S2/c22-18-9-10-21-20(17-18)24(15-16-27-21,14-6-13-23-11-4-5-12-23)28(25,26)19-7-2-1-3-8-19/h1-3,7-10,17H,4-6,11-16,22H2/q+1. The number of likely N-dealkylation sites (tertiary alicyclic amines) is 1. The van der Waals surface area contributed by atoms with E-state index in [2.05, 4.69) is 4.90 Å². The Morgan fingerprint density at radius 1 is 1.07 bits per heavy atom. The van der Waals surface area contributed by atoms with Crippen molar-refractivity contribution in [1.29, 1.82) is 0 Å². The Kier molecular flexibility index (Phi) is 5.69. The number of hydrogen-bond acceptors (Lipinski definition) is 5. The Labute approximate surface area is 172 Å². The van der Waals surface area contributed by atoms with Gasteiger partial charge in [-0.2, -0.15) is 12.3 Å². The number of quaternary nitrogens is 1. The molecule has 4 rings (SSSR count). The molecule has 1 unspecified atom stereocenters. The van der Waals surface area contributed by atoms with E-state index < -0.39 is 10.0 Å². The maximum absolute atomic E-state index is 13.9. The molecule has 0 spiro atoms. The zero-order valence-corrected chi connectivity index (χ0v) is 17.7. The molecule has 28 heavy (non-hydrogen) atoms. The summed E-state index contributed by atoms with van der Waals surface area (Å²) < 4.78 is 27.8. The van der Waals surface area contributed by atoms with Crippen LogP contribution >= 0.6 is 11.8 Å². The van der Waals surface area contributed by atoms with Crippen LogP contribution in [0.1, 0.15) is 19.3 Å². The van der Waals surface area contributed by atoms with Crippen molar-refractivity contribution in [2.45, 2.75) is 29.1 Å². The average molecular weight is 419 g/mol. The normalized spacial score (nSPS) is 22.9. The summed E-state index contributed by atoms with van der Waals surface area (Å²) in [5.41, 5.74) is 7.54. The first-order valence-electron chi connectivity index (χ1n) is 9.95. The van der Waals surface area contributed by atoms with E-state index in [1.807, 2.05) is 24.3 Å². The molecule has 0 aromatic heterocycles. The monoisotopic (exact) mass is 418 g/mol. The number of sulfonamides is 1. The second-order valence-electron chi connectivity index (χ2n) is 7.60. The van der Waals surface area contributed by atoms with Crippen LogP contribution in [0.25, 0.3) is 0 Å². The van der Waals surface area contributed by atoms with Crippen LogP contribution in [0.15, 0.2) is 58.3 Å². The van der Waals surface area contributed by atoms with Crippen molar-refractivity contribution in [3.8, 4) is 0 Å². The number of thioether (sulfide) groups is 1. The maximum Gasteiger partial charge on any atom is 0.332 e. The number of rotatable bonds is 6. The summed E-state index contributed by atoms with van der Waals surface area (Å²) in [6.07, 6.45) is 3.35. The molecule has 0 amide bonds. The van der Waals surface area contributed by atoms with Gasteiger partial charge in [-0.15, -0.1) is 11.8 Å². The van der Waals surface area contributed by atoms with Crippen LogP contribution in [0.4, 0.5) is 11.4 Å². The van der Waals surface area contributed by atoms with Gasteiger partial charge in [0.2, 0.25) is 0 Å². The Hall–Kier alpha value is -1.54. The van der Waals surface area contributed by atoms with Crippen molar-refractivity contribution in [3.05, 3.63) is 48.5 Å². The molecule has 1 saturated heterocycles. The van der Waals surface area contributed by atoms with Crippen LogP contribution in [0.5, 0.6) is 0 Å². The van der Waals surface area contributed by atoms with E-state index in [1.165, 1.54) is 12.8 Å². The van der Waals surface area contributed by atoms with E-state index in [-0.39, 0.29) is 3.89 Å². The number of nitrogens with two attached hydrogens (primary N) is 1. The topological polar surface area (TPSA) is 63.4 Å². The summed E-state index contributed by atoms with van der Waals surface area (Å²) in [7, 11) is -3.60. The number of anilines is 1. The van der Waals surface area contributed by atoms with Crippen molar-refractivity contribution < 1.29 is 8.42 Å². The summed E-state index contributed by atoms with van der Waals surface area (Å²) in [4.78, 5) is 3.86. The first-order chi connectivity index (χ1) is 13.5. The maximum atomic E-state index is 13.9. The molecule has 5 nitrogen and oxygen atoms in total. The van der Waals surface area contributed by atoms with Gasteiger partial charge in [-0.05, 0) is 50.2 Å². The van der Waals surface area contributed by atoms with Gasteiger partial charge in [0.05, 0.1) is 11.4 Å². The highest BCUT2D eigenvalue weighted by atomic mass is 32.2. The van der Waals surface area contributed by atoms with Gasteiger partial charge in [0, 0.05) is 30.5 Å². The summed E-state index contributed by atoms with van der Waals surface area (Å²) >= 11 is 1.72. The molecule has 2 aliphatic rings. The highest BCUT2D eigenvalue weighted by molar-refractivity contribution is 7.99. The summed E-state index contributed by atoms with van der Waals surface area (Å²) in [5.74, 6) is 0.784. The van der Waals surface area contributed by atoms with Gasteiger partial charge < -0.3 is 10.6 Å². The van der Waals surface area contributed by atoms with Crippen LogP contribution in [-0.4, -0.2) is 51.8 Å². The third-order valence-corrected chi connectivity index (χ3v) is 9.22. The summed E-state index contributed by atoms with van der Waals surface area (Å²) in [5, 5.41) is 0. The molecule has 2 aromatic carbocycles. The van der Waals surface area contributed by atoms with Crippen molar-refractivity contribution in [2.75, 3.05) is 44.2 Å². The molecule has 150 valence electrons. The van der Waals surface area contributed by atoms with Crippen molar-refractivity contribution in [1.82, 2.24) is 8.79 Å². The van der Waals surface area contributed by atoms with E-state index in [1.54, 1.807) is 36.0 Å². The number of benzene rings is 2. The first-order valence-corrected chi connectivity index (χ1v) is 12.4. The molecule has 0 saturated carbocycles. The number of fused-ring (bicyclic) bond motifs is 1. The lowest BCUT2D eigenvalue weighted by Gasteiger charge is -2.40. The molecule has 1 fully saturated rings. The minimum atomic E-state index is -3.60. The minimum Gasteiger partial charge on any atom is -0.399 e. The molecular weight excluding hydrogens is 390 g/mol. The predicted molar refractivity (Wildman–Crippen MR) is 117 cm³/mol. The van der Waals surface area contributed by atoms with Crippen LogP contribution in [-0.2, 0) is 10.0 Å². The van der Waals surface area contributed by atoms with Crippen LogP contribution in [0.3, 0.4) is 0 Å². The highest BCUT2D eigenvalue weighted by Crippen LogP contribution is 2.44. The lowest BCUT2D eigenvalue weighted by atomic mass is 10.2. The first kappa shape index (κ1) is 19.8. The van der Waals surface area contributed by atoms with Crippen LogP contribution in [0.2, 0.25) is 0 Å². The van der Waals surface area contributed by atoms with E-state index in [0.29, 0.717) is 23.7 Å². The van der Waals surface area contributed by atoms with E-state index in [9.17, 15) is 8.42 Å². The molecule has 2 heterocycles. The highest BCUT2D eigenvalue weighted by Gasteiger charge is 2.48. The third-order valence-electron chi connectivity index (χ3n) is 5.83. The molecular formula is C21H28N3O2S2+. The molecule has 0 bridgehead atoms. The fourth-order valence-electron chi connectivity index (χ4n) is 4.35. The predicted octanol–water partition coefficient (Wildman–Crippen LogP) is 3.56. The quantitative estimate of drug-likeness (QED) is 0.574. The molecule has 0 aliphatic carbocycles. The molecule has 1 atom stereocenters. The van der Waals surface area contributed by atoms with E-state index >= 15 is 0 Å². The average Bonchev–Trinajstić information content (AvgIpc) is 3.22. The minimum absolute atomic E-state index is 0.0295. The molecule has 7 heteroatoms. The largest absolute Gasteiger partial charge is 0.399 e. The smallest absolute Gasteiger partial charge is 0.332 e. The molecule has 0 radical (unpaired) electrons. The van der Waals surface area contributed by atoms with Crippen LogP contribution in [0, 0.1) is 0 Å². The Morgan fingerprint density at radius 2 is 1.82 bits per heavy atom. The second kappa shape index (κ2) is 8.06. The van der Waals surface area contributed by atoms with Crippen molar-refractivity contribution in [2.24, 2.45) is 0 Å². The van der Waals surface area contributed by atoms with E-state index in [0.717, 1.165) is 42.4 Å². The van der Waals surface area contributed by atoms with Gasteiger partial charge in [-0.1, -0.05) is 18.2 Å². The number of nitrogen functional groups attached to an aromatic ring is 1. The zero-order valence-electron chi connectivity index (χ0n) is 16.1. The van der Waals surface area contributed by atoms with E-state index in [4.69, 9.17) is 5.73 Å². The molecule has 2 aromatic rings. The lowest BCUT2D eigenvalue weighted by Crippen LogP contribution is -2.57. The van der Waals surface area contributed by atoms with Gasteiger partial charge in [-0.3, -0.25) is 0 Å². The Balaban J connectivity index is 1.75. The van der Waals surface area contributed by atoms with Crippen molar-refractivity contribution in [3.63, 3.8) is 0 Å². The van der Waals surface area contributed by atoms with Gasteiger partial charge >= 0.3 is 10.0 Å². The second-order valence-corrected chi connectivity index (χ2v) is 10.9. The lowest BCUT2D eigenvalue weighted by molar-refractivity contribution is 0.310. The SMILES string of the molecule is Nc1ccc2c(c1)[N+](CCCN1CCCC1)(S(=O)(=O)c1ccccc1)CCS2. The molecule has 2 aliphatic heterocycles. The zero-order chi connectivity index (χ0) is 19.6. The van der Waals surface area contributed by atoms with Crippen LogP contribution < -0.4 is 9.62 Å². The van der Waals surface area contributed by atoms with Gasteiger partial charge in [0.1, 0.15) is 11.4 Å². The van der Waals surface area contributed by atoms with Gasteiger partial charge in [0.15, 0.2) is 5.69 Å². The third kappa shape index (κ3) is 3.56. The van der Waals surface area contributed by atoms with Gasteiger partial charge in [-0.25, -0.2) is 0 Å². The fourth-order valence-corrected chi connectivity index (χ4v) is 7.71. The Bertz CT molecular complexity index is 928. The number of hydrogen-bond donors (Lipinski definition) is 1. The van der Waals surface area contributed by atoms with Crippen molar-refractivity contribution >= 4 is 33.2 Å². The fraction of sp³-hybridized carbons (Fsp3) is 0.429. The number of nitrogens with zero attached hydrogens (tertiary/aromatic N) is 2. The summed E-state index contributed by atoms with van der Waals surface area (Å²) in [6, 6.07) is 14.6. The summed E-state index contributed by atoms with van der Waals surface area (Å²) in [6.45, 7) is 4.35. The van der Waals surface area contributed by atoms with Gasteiger partial charge in [0.25, 0.3) is 0 Å². The molecule has 2 N–H and O–H groups in total. The Morgan fingerprint density at radius 3 is 2.57 bits per heavy atom.